The Morgan fingerprint density at radius 3 is 2.44 bits per heavy atom. The van der Waals surface area contributed by atoms with E-state index in [1.807, 2.05) is 33.8 Å². The molecule has 88 valence electrons. The van der Waals surface area contributed by atoms with Crippen LogP contribution >= 0.6 is 11.8 Å². The van der Waals surface area contributed by atoms with Gasteiger partial charge in [0, 0.05) is 11.4 Å². The molecule has 1 heterocycles. The Hall–Kier alpha value is -1.10. The minimum atomic E-state index is -0.234. The molecule has 0 aromatic carbocycles. The van der Waals surface area contributed by atoms with E-state index < -0.39 is 0 Å². The predicted molar refractivity (Wildman–Crippen MR) is 63.5 cm³/mol. The summed E-state index contributed by atoms with van der Waals surface area (Å²) in [4.78, 5) is 19.8. The monoisotopic (exact) mass is 240 g/mol. The van der Waals surface area contributed by atoms with Gasteiger partial charge in [0.15, 0.2) is 5.16 Å². The second kappa shape index (κ2) is 5.84. The fraction of sp³-hybridized carbons (Fsp3) is 0.545. The molecular weight excluding hydrogens is 224 g/mol. The molecule has 0 radical (unpaired) electrons. The molecule has 0 spiro atoms. The fourth-order valence-electron chi connectivity index (χ4n) is 1.18. The Morgan fingerprint density at radius 1 is 1.38 bits per heavy atom. The van der Waals surface area contributed by atoms with Gasteiger partial charge in [-0.2, -0.15) is 0 Å². The zero-order valence-electron chi connectivity index (χ0n) is 9.98. The third-order valence-corrected chi connectivity index (χ3v) is 2.47. The summed E-state index contributed by atoms with van der Waals surface area (Å²) in [6, 6.07) is 1.90. The van der Waals surface area contributed by atoms with Gasteiger partial charge in [-0.1, -0.05) is 11.8 Å². The van der Waals surface area contributed by atoms with Crippen molar-refractivity contribution in [3.8, 4) is 0 Å². The Kier molecular flexibility index (Phi) is 4.73. The second-order valence-corrected chi connectivity index (χ2v) is 4.70. The number of hydrogen-bond donors (Lipinski definition) is 0. The number of ether oxygens (including phenoxy) is 1. The molecule has 0 atom stereocenters. The summed E-state index contributed by atoms with van der Waals surface area (Å²) in [5, 5.41) is 0.623. The molecule has 0 aliphatic heterocycles. The SMILES string of the molecule is Cc1cc(C)nc(SCC(=O)OC(C)C)n1. The first kappa shape index (κ1) is 13.0. The first-order chi connectivity index (χ1) is 7.47. The maximum absolute atomic E-state index is 11.3. The van der Waals surface area contributed by atoms with Crippen molar-refractivity contribution >= 4 is 17.7 Å². The summed E-state index contributed by atoms with van der Waals surface area (Å²) < 4.78 is 5.02. The van der Waals surface area contributed by atoms with Crippen LogP contribution in [-0.4, -0.2) is 27.8 Å². The quantitative estimate of drug-likeness (QED) is 0.458. The first-order valence-corrected chi connectivity index (χ1v) is 6.10. The van der Waals surface area contributed by atoms with E-state index in [0.717, 1.165) is 11.4 Å². The van der Waals surface area contributed by atoms with Gasteiger partial charge in [0.25, 0.3) is 0 Å². The predicted octanol–water partition coefficient (Wildman–Crippen LogP) is 2.14. The van der Waals surface area contributed by atoms with Crippen molar-refractivity contribution in [3.05, 3.63) is 17.5 Å². The largest absolute Gasteiger partial charge is 0.462 e. The average molecular weight is 240 g/mol. The van der Waals surface area contributed by atoms with Crippen LogP contribution in [0.1, 0.15) is 25.2 Å². The zero-order valence-corrected chi connectivity index (χ0v) is 10.8. The summed E-state index contributed by atoms with van der Waals surface area (Å²) >= 11 is 1.30. The van der Waals surface area contributed by atoms with E-state index in [-0.39, 0.29) is 17.8 Å². The molecule has 0 N–H and O–H groups in total. The Bertz CT molecular complexity index is 360. The van der Waals surface area contributed by atoms with Gasteiger partial charge < -0.3 is 4.74 Å². The molecule has 1 aromatic rings. The number of carbonyl (C=O) groups excluding carboxylic acids is 1. The lowest BCUT2D eigenvalue weighted by Crippen LogP contribution is -2.13. The van der Waals surface area contributed by atoms with Crippen LogP contribution in [0.3, 0.4) is 0 Å². The van der Waals surface area contributed by atoms with Gasteiger partial charge in [0.2, 0.25) is 0 Å². The van der Waals surface area contributed by atoms with Crippen molar-refractivity contribution < 1.29 is 9.53 Å². The lowest BCUT2D eigenvalue weighted by atomic mass is 10.4. The van der Waals surface area contributed by atoms with Gasteiger partial charge in [0.05, 0.1) is 11.9 Å². The number of carbonyl (C=O) groups is 1. The summed E-state index contributed by atoms with van der Waals surface area (Å²) in [5.41, 5.74) is 1.82. The number of rotatable bonds is 4. The van der Waals surface area contributed by atoms with Gasteiger partial charge in [-0.15, -0.1) is 0 Å². The van der Waals surface area contributed by atoms with Crippen LogP contribution in [0.2, 0.25) is 0 Å². The fourth-order valence-corrected chi connectivity index (χ4v) is 1.91. The Labute approximate surface area is 99.8 Å². The molecule has 16 heavy (non-hydrogen) atoms. The van der Waals surface area contributed by atoms with Crippen LogP contribution in [0, 0.1) is 13.8 Å². The normalized spacial score (nSPS) is 10.6. The molecule has 4 nitrogen and oxygen atoms in total. The van der Waals surface area contributed by atoms with E-state index in [9.17, 15) is 4.79 Å². The molecule has 0 saturated heterocycles. The average Bonchev–Trinajstić information content (AvgIpc) is 2.12. The van der Waals surface area contributed by atoms with E-state index in [1.165, 1.54) is 11.8 Å². The molecule has 0 aliphatic rings. The van der Waals surface area contributed by atoms with Crippen molar-refractivity contribution in [3.63, 3.8) is 0 Å². The van der Waals surface area contributed by atoms with Crippen LogP contribution in [-0.2, 0) is 9.53 Å². The zero-order chi connectivity index (χ0) is 12.1. The molecule has 1 aromatic heterocycles. The lowest BCUT2D eigenvalue weighted by Gasteiger charge is -2.07. The topological polar surface area (TPSA) is 52.1 Å². The third-order valence-electron chi connectivity index (χ3n) is 1.65. The van der Waals surface area contributed by atoms with E-state index in [4.69, 9.17) is 4.74 Å². The van der Waals surface area contributed by atoms with Crippen molar-refractivity contribution in [2.24, 2.45) is 0 Å². The summed E-state index contributed by atoms with van der Waals surface area (Å²) in [5.74, 6) is 0.0175. The Balaban J connectivity index is 2.51. The molecule has 0 aliphatic carbocycles. The van der Waals surface area contributed by atoms with Crippen LogP contribution in [0.4, 0.5) is 0 Å². The summed E-state index contributed by atoms with van der Waals surface area (Å²) in [6.45, 7) is 7.47. The smallest absolute Gasteiger partial charge is 0.316 e. The van der Waals surface area contributed by atoms with Crippen molar-refractivity contribution in [1.29, 1.82) is 0 Å². The van der Waals surface area contributed by atoms with Crippen molar-refractivity contribution in [1.82, 2.24) is 9.97 Å². The van der Waals surface area contributed by atoms with Crippen molar-refractivity contribution in [2.75, 3.05) is 5.75 Å². The number of aromatic nitrogens is 2. The van der Waals surface area contributed by atoms with Gasteiger partial charge in [-0.3, -0.25) is 4.79 Å². The first-order valence-electron chi connectivity index (χ1n) is 5.12. The van der Waals surface area contributed by atoms with Crippen molar-refractivity contribution in [2.45, 2.75) is 39.0 Å². The van der Waals surface area contributed by atoms with E-state index in [1.54, 1.807) is 0 Å². The maximum Gasteiger partial charge on any atom is 0.316 e. The van der Waals surface area contributed by atoms with Crippen LogP contribution in [0.25, 0.3) is 0 Å². The number of nitrogens with zero attached hydrogens (tertiary/aromatic N) is 2. The van der Waals surface area contributed by atoms with Gasteiger partial charge in [-0.25, -0.2) is 9.97 Å². The number of thioether (sulfide) groups is 1. The van der Waals surface area contributed by atoms with E-state index in [2.05, 4.69) is 9.97 Å². The lowest BCUT2D eigenvalue weighted by molar-refractivity contribution is -0.144. The minimum absolute atomic E-state index is 0.0757. The maximum atomic E-state index is 11.3. The molecule has 0 unspecified atom stereocenters. The number of aryl methyl sites for hydroxylation is 2. The van der Waals surface area contributed by atoms with Crippen LogP contribution < -0.4 is 0 Å². The Morgan fingerprint density at radius 2 is 1.94 bits per heavy atom. The molecule has 0 amide bonds. The molecule has 0 bridgehead atoms. The van der Waals surface area contributed by atoms with Gasteiger partial charge in [0.1, 0.15) is 0 Å². The highest BCUT2D eigenvalue weighted by atomic mass is 32.2. The minimum Gasteiger partial charge on any atom is -0.462 e. The number of esters is 1. The molecule has 5 heteroatoms. The molecule has 0 fully saturated rings. The number of hydrogen-bond acceptors (Lipinski definition) is 5. The highest BCUT2D eigenvalue weighted by Gasteiger charge is 2.08. The van der Waals surface area contributed by atoms with Gasteiger partial charge >= 0.3 is 5.97 Å². The highest BCUT2D eigenvalue weighted by molar-refractivity contribution is 7.99. The van der Waals surface area contributed by atoms with Crippen LogP contribution in [0.15, 0.2) is 11.2 Å². The third kappa shape index (κ3) is 4.61. The molecule has 1 rings (SSSR count). The summed E-state index contributed by atoms with van der Waals surface area (Å²) in [6.07, 6.45) is -0.0757. The van der Waals surface area contributed by atoms with E-state index in [0.29, 0.717) is 5.16 Å². The highest BCUT2D eigenvalue weighted by Crippen LogP contribution is 2.14. The van der Waals surface area contributed by atoms with E-state index >= 15 is 0 Å². The van der Waals surface area contributed by atoms with Crippen LogP contribution in [0.5, 0.6) is 0 Å². The van der Waals surface area contributed by atoms with Gasteiger partial charge in [-0.05, 0) is 33.8 Å². The summed E-state index contributed by atoms with van der Waals surface area (Å²) in [7, 11) is 0. The molecular formula is C11H16N2O2S. The standard InChI is InChI=1S/C11H16N2O2S/c1-7(2)15-10(14)6-16-11-12-8(3)5-9(4)13-11/h5,7H,6H2,1-4H3. The second-order valence-electron chi connectivity index (χ2n) is 3.76. The molecule has 0 saturated carbocycles.